The van der Waals surface area contributed by atoms with Crippen LogP contribution in [0, 0.1) is 0 Å². The summed E-state index contributed by atoms with van der Waals surface area (Å²) >= 11 is 11.9. The van der Waals surface area contributed by atoms with Crippen LogP contribution >= 0.6 is 23.2 Å². The van der Waals surface area contributed by atoms with Gasteiger partial charge in [0.2, 0.25) is 0 Å². The Bertz CT molecular complexity index is 876. The minimum atomic E-state index is -0.182. The van der Waals surface area contributed by atoms with E-state index in [1.807, 2.05) is 37.3 Å². The van der Waals surface area contributed by atoms with Gasteiger partial charge in [0.25, 0.3) is 5.91 Å². The van der Waals surface area contributed by atoms with Crippen molar-refractivity contribution in [1.29, 1.82) is 0 Å². The summed E-state index contributed by atoms with van der Waals surface area (Å²) in [6.45, 7) is 1.95. The SMILES string of the molecule is C[C@H](NC(=O)c1ccc(Cl)c(Cl)c1)c1ccc(-c2ccccc2)cc1. The van der Waals surface area contributed by atoms with Crippen LogP contribution in [0.2, 0.25) is 10.0 Å². The zero-order chi connectivity index (χ0) is 17.8. The number of carbonyl (C=O) groups is 1. The second-order valence-electron chi connectivity index (χ2n) is 5.81. The summed E-state index contributed by atoms with van der Waals surface area (Å²) in [5.41, 5.74) is 3.84. The molecule has 2 nitrogen and oxygen atoms in total. The predicted octanol–water partition coefficient (Wildman–Crippen LogP) is 6.15. The van der Waals surface area contributed by atoms with Gasteiger partial charge in [0, 0.05) is 5.56 Å². The lowest BCUT2D eigenvalue weighted by Gasteiger charge is -2.15. The Morgan fingerprint density at radius 2 is 1.48 bits per heavy atom. The highest BCUT2D eigenvalue weighted by molar-refractivity contribution is 6.42. The molecule has 1 N–H and O–H groups in total. The summed E-state index contributed by atoms with van der Waals surface area (Å²) < 4.78 is 0. The number of benzene rings is 3. The molecule has 0 saturated heterocycles. The normalized spacial score (nSPS) is 11.8. The van der Waals surface area contributed by atoms with E-state index in [4.69, 9.17) is 23.2 Å². The number of rotatable bonds is 4. The van der Waals surface area contributed by atoms with E-state index in [0.717, 1.165) is 11.1 Å². The summed E-state index contributed by atoms with van der Waals surface area (Å²) in [4.78, 5) is 12.4. The first-order valence-electron chi connectivity index (χ1n) is 7.96. The minimum Gasteiger partial charge on any atom is -0.346 e. The summed E-state index contributed by atoms with van der Waals surface area (Å²) in [5, 5.41) is 3.78. The number of halogens is 2. The Balaban J connectivity index is 1.71. The van der Waals surface area contributed by atoms with Crippen molar-refractivity contribution in [3.05, 3.63) is 94.0 Å². The van der Waals surface area contributed by atoms with Gasteiger partial charge in [-0.2, -0.15) is 0 Å². The molecule has 126 valence electrons. The van der Waals surface area contributed by atoms with E-state index < -0.39 is 0 Å². The Morgan fingerprint density at radius 1 is 0.840 bits per heavy atom. The Hall–Kier alpha value is -2.29. The molecule has 3 rings (SSSR count). The van der Waals surface area contributed by atoms with E-state index >= 15 is 0 Å². The van der Waals surface area contributed by atoms with Crippen LogP contribution < -0.4 is 5.32 Å². The topological polar surface area (TPSA) is 29.1 Å². The molecule has 0 aliphatic heterocycles. The third kappa shape index (κ3) is 4.22. The molecule has 1 amide bonds. The number of hydrogen-bond acceptors (Lipinski definition) is 1. The Kier molecular flexibility index (Phi) is 5.42. The molecule has 0 spiro atoms. The average molecular weight is 370 g/mol. The molecule has 4 heteroatoms. The van der Waals surface area contributed by atoms with Gasteiger partial charge in [-0.25, -0.2) is 0 Å². The molecule has 0 heterocycles. The van der Waals surface area contributed by atoms with Crippen LogP contribution in [0.5, 0.6) is 0 Å². The van der Waals surface area contributed by atoms with E-state index in [2.05, 4.69) is 29.6 Å². The van der Waals surface area contributed by atoms with Crippen LogP contribution in [-0.4, -0.2) is 5.91 Å². The second-order valence-corrected chi connectivity index (χ2v) is 6.63. The van der Waals surface area contributed by atoms with Gasteiger partial charge in [-0.05, 0) is 41.8 Å². The first-order valence-corrected chi connectivity index (χ1v) is 8.71. The van der Waals surface area contributed by atoms with Gasteiger partial charge in [-0.15, -0.1) is 0 Å². The molecule has 0 saturated carbocycles. The highest BCUT2D eigenvalue weighted by Crippen LogP contribution is 2.24. The molecule has 0 radical (unpaired) electrons. The van der Waals surface area contributed by atoms with Gasteiger partial charge in [0.1, 0.15) is 0 Å². The van der Waals surface area contributed by atoms with Crippen molar-refractivity contribution in [3.63, 3.8) is 0 Å². The van der Waals surface area contributed by atoms with Gasteiger partial charge in [-0.1, -0.05) is 77.8 Å². The third-order valence-electron chi connectivity index (χ3n) is 4.05. The molecular formula is C21H17Cl2NO. The average Bonchev–Trinajstić information content (AvgIpc) is 2.64. The molecule has 0 aromatic heterocycles. The number of amides is 1. The van der Waals surface area contributed by atoms with E-state index in [9.17, 15) is 4.79 Å². The van der Waals surface area contributed by atoms with Crippen molar-refractivity contribution in [1.82, 2.24) is 5.32 Å². The lowest BCUT2D eigenvalue weighted by Crippen LogP contribution is -2.26. The first-order chi connectivity index (χ1) is 12.0. The smallest absolute Gasteiger partial charge is 0.251 e. The summed E-state index contributed by atoms with van der Waals surface area (Å²) in [6, 6.07) is 23.1. The van der Waals surface area contributed by atoms with E-state index in [1.54, 1.807) is 18.2 Å². The van der Waals surface area contributed by atoms with Crippen LogP contribution in [0.3, 0.4) is 0 Å². The zero-order valence-corrected chi connectivity index (χ0v) is 15.2. The molecule has 1 atom stereocenters. The molecule has 0 unspecified atom stereocenters. The Morgan fingerprint density at radius 3 is 2.12 bits per heavy atom. The van der Waals surface area contributed by atoms with E-state index in [0.29, 0.717) is 15.6 Å². The number of nitrogens with one attached hydrogen (secondary N) is 1. The van der Waals surface area contributed by atoms with Crippen molar-refractivity contribution in [3.8, 4) is 11.1 Å². The van der Waals surface area contributed by atoms with Crippen LogP contribution in [0.15, 0.2) is 72.8 Å². The number of carbonyl (C=O) groups excluding carboxylic acids is 1. The molecule has 3 aromatic carbocycles. The van der Waals surface area contributed by atoms with Crippen LogP contribution in [0.25, 0.3) is 11.1 Å². The lowest BCUT2D eigenvalue weighted by molar-refractivity contribution is 0.0940. The maximum absolute atomic E-state index is 12.4. The van der Waals surface area contributed by atoms with Gasteiger partial charge in [-0.3, -0.25) is 4.79 Å². The summed E-state index contributed by atoms with van der Waals surface area (Å²) in [7, 11) is 0. The minimum absolute atomic E-state index is 0.119. The fraction of sp³-hybridized carbons (Fsp3) is 0.0952. The monoisotopic (exact) mass is 369 g/mol. The summed E-state index contributed by atoms with van der Waals surface area (Å²) in [6.07, 6.45) is 0. The highest BCUT2D eigenvalue weighted by Gasteiger charge is 2.13. The van der Waals surface area contributed by atoms with Crippen LogP contribution in [0.1, 0.15) is 28.9 Å². The van der Waals surface area contributed by atoms with Gasteiger partial charge < -0.3 is 5.32 Å². The van der Waals surface area contributed by atoms with Crippen molar-refractivity contribution < 1.29 is 4.79 Å². The second kappa shape index (κ2) is 7.73. The van der Waals surface area contributed by atoms with Gasteiger partial charge >= 0.3 is 0 Å². The zero-order valence-electron chi connectivity index (χ0n) is 13.7. The predicted molar refractivity (Wildman–Crippen MR) is 104 cm³/mol. The van der Waals surface area contributed by atoms with Gasteiger partial charge in [0.05, 0.1) is 16.1 Å². The Labute approximate surface area is 157 Å². The van der Waals surface area contributed by atoms with Crippen molar-refractivity contribution in [2.45, 2.75) is 13.0 Å². The fourth-order valence-electron chi connectivity index (χ4n) is 2.60. The molecule has 0 bridgehead atoms. The standard InChI is InChI=1S/C21H17Cl2NO/c1-14(24-21(25)18-11-12-19(22)20(23)13-18)15-7-9-17(10-8-15)16-5-3-2-4-6-16/h2-14H,1H3,(H,24,25)/t14-/m0/s1. The maximum Gasteiger partial charge on any atom is 0.251 e. The highest BCUT2D eigenvalue weighted by atomic mass is 35.5. The maximum atomic E-state index is 12.4. The van der Waals surface area contributed by atoms with Gasteiger partial charge in [0.15, 0.2) is 0 Å². The number of hydrogen-bond donors (Lipinski definition) is 1. The van der Waals surface area contributed by atoms with Crippen LogP contribution in [0.4, 0.5) is 0 Å². The molecule has 25 heavy (non-hydrogen) atoms. The van der Waals surface area contributed by atoms with E-state index in [1.165, 1.54) is 5.56 Å². The third-order valence-corrected chi connectivity index (χ3v) is 4.79. The summed E-state index contributed by atoms with van der Waals surface area (Å²) in [5.74, 6) is -0.182. The molecule has 0 aliphatic rings. The largest absolute Gasteiger partial charge is 0.346 e. The van der Waals surface area contributed by atoms with Crippen molar-refractivity contribution >= 4 is 29.1 Å². The molecule has 0 fully saturated rings. The first kappa shape index (κ1) is 17.5. The van der Waals surface area contributed by atoms with Crippen LogP contribution in [-0.2, 0) is 0 Å². The molecule has 0 aliphatic carbocycles. The lowest BCUT2D eigenvalue weighted by atomic mass is 10.0. The molecular weight excluding hydrogens is 353 g/mol. The molecule has 3 aromatic rings. The van der Waals surface area contributed by atoms with Crippen molar-refractivity contribution in [2.24, 2.45) is 0 Å². The fourth-order valence-corrected chi connectivity index (χ4v) is 2.89. The van der Waals surface area contributed by atoms with Crippen molar-refractivity contribution in [2.75, 3.05) is 0 Å². The van der Waals surface area contributed by atoms with E-state index in [-0.39, 0.29) is 11.9 Å². The quantitative estimate of drug-likeness (QED) is 0.586.